The average Bonchev–Trinajstić information content (AvgIpc) is 2.44. The van der Waals surface area contributed by atoms with E-state index in [4.69, 9.17) is 9.47 Å². The van der Waals surface area contributed by atoms with E-state index in [0.717, 1.165) is 17.8 Å². The molecule has 0 fully saturated rings. The van der Waals surface area contributed by atoms with E-state index in [1.165, 1.54) is 0 Å². The Hall–Kier alpha value is -1.43. The van der Waals surface area contributed by atoms with Crippen LogP contribution in [0.5, 0.6) is 0 Å². The third-order valence-corrected chi connectivity index (χ3v) is 2.88. The highest BCUT2D eigenvalue weighted by Gasteiger charge is 2.11. The van der Waals surface area contributed by atoms with Crippen LogP contribution in [0.1, 0.15) is 25.5 Å². The molecule has 0 saturated heterocycles. The smallest absolute Gasteiger partial charge is 0.250 e. The van der Waals surface area contributed by atoms with Gasteiger partial charge in [0.25, 0.3) is 0 Å². The van der Waals surface area contributed by atoms with Gasteiger partial charge in [0.15, 0.2) is 0 Å². The second-order valence-corrected chi connectivity index (χ2v) is 4.46. The summed E-state index contributed by atoms with van der Waals surface area (Å²) in [5, 5.41) is 6.22. The maximum absolute atomic E-state index is 11.8. The van der Waals surface area contributed by atoms with Gasteiger partial charge in [-0.1, -0.05) is 25.1 Å². The van der Waals surface area contributed by atoms with Gasteiger partial charge in [-0.2, -0.15) is 0 Å². The molecule has 1 rings (SSSR count). The summed E-state index contributed by atoms with van der Waals surface area (Å²) in [6, 6.07) is 7.97. The molecule has 20 heavy (non-hydrogen) atoms. The summed E-state index contributed by atoms with van der Waals surface area (Å²) >= 11 is 0. The van der Waals surface area contributed by atoms with Gasteiger partial charge in [0.2, 0.25) is 5.91 Å². The molecular formula is C15H24N2O3. The van der Waals surface area contributed by atoms with Crippen molar-refractivity contribution in [2.45, 2.75) is 19.9 Å². The Morgan fingerprint density at radius 1 is 1.30 bits per heavy atom. The van der Waals surface area contributed by atoms with Gasteiger partial charge in [-0.25, -0.2) is 0 Å². The van der Waals surface area contributed by atoms with Gasteiger partial charge in [-0.15, -0.1) is 0 Å². The molecule has 2 N–H and O–H groups in total. The Bertz CT molecular complexity index is 410. The van der Waals surface area contributed by atoms with E-state index in [2.05, 4.69) is 24.5 Å². The summed E-state index contributed by atoms with van der Waals surface area (Å²) in [5.41, 5.74) is 1.89. The molecule has 5 heteroatoms. The van der Waals surface area contributed by atoms with Crippen molar-refractivity contribution < 1.29 is 14.3 Å². The van der Waals surface area contributed by atoms with Crippen molar-refractivity contribution in [1.29, 1.82) is 0 Å². The quantitative estimate of drug-likeness (QED) is 0.679. The predicted octanol–water partition coefficient (Wildman–Crippen LogP) is 1.96. The molecule has 5 nitrogen and oxygen atoms in total. The summed E-state index contributed by atoms with van der Waals surface area (Å²) in [6.07, 6.45) is 0. The lowest BCUT2D eigenvalue weighted by Crippen LogP contribution is -2.23. The second-order valence-electron chi connectivity index (χ2n) is 4.46. The topological polar surface area (TPSA) is 59.6 Å². The molecule has 0 spiro atoms. The first-order valence-corrected chi connectivity index (χ1v) is 6.87. The average molecular weight is 280 g/mol. The highest BCUT2D eigenvalue weighted by molar-refractivity contribution is 5.92. The number of methoxy groups -OCH3 is 1. The Labute approximate surface area is 120 Å². The van der Waals surface area contributed by atoms with Crippen LogP contribution in [-0.2, 0) is 14.3 Å². The number of hydrogen-bond donors (Lipinski definition) is 2. The van der Waals surface area contributed by atoms with Crippen LogP contribution in [0.4, 0.5) is 5.69 Å². The first-order chi connectivity index (χ1) is 9.69. The molecule has 0 saturated carbocycles. The molecule has 112 valence electrons. The molecule has 1 aromatic rings. The van der Waals surface area contributed by atoms with E-state index < -0.39 is 0 Å². The summed E-state index contributed by atoms with van der Waals surface area (Å²) in [7, 11) is 1.60. The molecule has 1 amide bonds. The van der Waals surface area contributed by atoms with Crippen molar-refractivity contribution in [3.8, 4) is 0 Å². The van der Waals surface area contributed by atoms with Crippen LogP contribution < -0.4 is 10.6 Å². The number of rotatable bonds is 9. The second kappa shape index (κ2) is 9.47. The van der Waals surface area contributed by atoms with Crippen LogP contribution in [0.2, 0.25) is 0 Å². The van der Waals surface area contributed by atoms with Crippen molar-refractivity contribution in [3.63, 3.8) is 0 Å². The zero-order valence-corrected chi connectivity index (χ0v) is 12.4. The number of ether oxygens (including phenoxy) is 2. The van der Waals surface area contributed by atoms with Crippen molar-refractivity contribution >= 4 is 11.6 Å². The van der Waals surface area contributed by atoms with Crippen molar-refractivity contribution in [3.05, 3.63) is 29.8 Å². The number of para-hydroxylation sites is 1. The van der Waals surface area contributed by atoms with E-state index in [0.29, 0.717) is 13.2 Å². The number of carbonyl (C=O) groups excluding carboxylic acids is 1. The molecule has 1 atom stereocenters. The third kappa shape index (κ3) is 5.69. The van der Waals surface area contributed by atoms with Gasteiger partial charge < -0.3 is 20.1 Å². The van der Waals surface area contributed by atoms with Gasteiger partial charge in [0.05, 0.1) is 13.2 Å². The lowest BCUT2D eigenvalue weighted by atomic mass is 10.1. The lowest BCUT2D eigenvalue weighted by Gasteiger charge is -2.17. The van der Waals surface area contributed by atoms with Crippen molar-refractivity contribution in [2.24, 2.45) is 0 Å². The number of carbonyl (C=O) groups is 1. The van der Waals surface area contributed by atoms with E-state index in [-0.39, 0.29) is 18.6 Å². The molecule has 0 aliphatic heterocycles. The van der Waals surface area contributed by atoms with Crippen LogP contribution in [0.15, 0.2) is 24.3 Å². The first kappa shape index (κ1) is 16.6. The summed E-state index contributed by atoms with van der Waals surface area (Å²) in [4.78, 5) is 11.8. The Balaban J connectivity index is 2.56. The van der Waals surface area contributed by atoms with Crippen LogP contribution in [0.3, 0.4) is 0 Å². The Morgan fingerprint density at radius 3 is 2.75 bits per heavy atom. The molecule has 0 radical (unpaired) electrons. The highest BCUT2D eigenvalue weighted by atomic mass is 16.5. The molecule has 1 unspecified atom stereocenters. The van der Waals surface area contributed by atoms with Gasteiger partial charge in [-0.05, 0) is 25.1 Å². The van der Waals surface area contributed by atoms with Crippen LogP contribution in [0, 0.1) is 0 Å². The highest BCUT2D eigenvalue weighted by Crippen LogP contribution is 2.22. The van der Waals surface area contributed by atoms with Gasteiger partial charge in [0.1, 0.15) is 6.61 Å². The van der Waals surface area contributed by atoms with E-state index in [1.807, 2.05) is 24.3 Å². The largest absolute Gasteiger partial charge is 0.382 e. The van der Waals surface area contributed by atoms with Crippen LogP contribution in [0.25, 0.3) is 0 Å². The number of amides is 1. The number of anilines is 1. The molecule has 0 aliphatic rings. The fraction of sp³-hybridized carbons (Fsp3) is 0.533. The Morgan fingerprint density at radius 2 is 2.05 bits per heavy atom. The standard InChI is InChI=1S/C15H24N2O3/c1-4-16-12(2)13-7-5-6-8-14(13)17-15(18)11-20-10-9-19-3/h5-8,12,16H,4,9-11H2,1-3H3,(H,17,18). The number of benzene rings is 1. The molecule has 0 bridgehead atoms. The van der Waals surface area contributed by atoms with Crippen LogP contribution >= 0.6 is 0 Å². The van der Waals surface area contributed by atoms with Gasteiger partial charge >= 0.3 is 0 Å². The van der Waals surface area contributed by atoms with Gasteiger partial charge in [-0.3, -0.25) is 4.79 Å². The third-order valence-electron chi connectivity index (χ3n) is 2.88. The zero-order valence-electron chi connectivity index (χ0n) is 12.4. The SMILES string of the molecule is CCNC(C)c1ccccc1NC(=O)COCCOC. The van der Waals surface area contributed by atoms with Crippen molar-refractivity contribution in [2.75, 3.05) is 38.8 Å². The predicted molar refractivity (Wildman–Crippen MR) is 79.9 cm³/mol. The number of hydrogen-bond acceptors (Lipinski definition) is 4. The lowest BCUT2D eigenvalue weighted by molar-refractivity contribution is -0.121. The molecule has 1 aromatic carbocycles. The summed E-state index contributed by atoms with van der Waals surface area (Å²) < 4.78 is 10.1. The zero-order chi connectivity index (χ0) is 14.8. The summed E-state index contributed by atoms with van der Waals surface area (Å²) in [6.45, 7) is 5.95. The summed E-state index contributed by atoms with van der Waals surface area (Å²) in [5.74, 6) is -0.155. The van der Waals surface area contributed by atoms with E-state index in [1.54, 1.807) is 7.11 Å². The molecular weight excluding hydrogens is 256 g/mol. The van der Waals surface area contributed by atoms with E-state index in [9.17, 15) is 4.79 Å². The molecule has 0 aromatic heterocycles. The van der Waals surface area contributed by atoms with Crippen molar-refractivity contribution in [1.82, 2.24) is 5.32 Å². The monoisotopic (exact) mass is 280 g/mol. The normalized spacial score (nSPS) is 12.2. The maximum Gasteiger partial charge on any atom is 0.250 e. The number of nitrogens with one attached hydrogen (secondary N) is 2. The minimum absolute atomic E-state index is 0.0350. The fourth-order valence-corrected chi connectivity index (χ4v) is 1.90. The van der Waals surface area contributed by atoms with E-state index >= 15 is 0 Å². The molecule has 0 aliphatic carbocycles. The maximum atomic E-state index is 11.8. The molecule has 0 heterocycles. The Kier molecular flexibility index (Phi) is 7.87. The van der Waals surface area contributed by atoms with Gasteiger partial charge in [0, 0.05) is 18.8 Å². The first-order valence-electron chi connectivity index (χ1n) is 6.87. The fourth-order valence-electron chi connectivity index (χ4n) is 1.90. The minimum atomic E-state index is -0.155. The van der Waals surface area contributed by atoms with Crippen LogP contribution in [-0.4, -0.2) is 39.4 Å². The minimum Gasteiger partial charge on any atom is -0.382 e.